The van der Waals surface area contributed by atoms with Gasteiger partial charge in [0.05, 0.1) is 0 Å². The number of hydrogen-bond donors (Lipinski definition) is 2. The summed E-state index contributed by atoms with van der Waals surface area (Å²) in [5, 5.41) is 5.78. The van der Waals surface area contributed by atoms with E-state index in [1.165, 1.54) is 12.8 Å². The van der Waals surface area contributed by atoms with E-state index in [4.69, 9.17) is 0 Å². The van der Waals surface area contributed by atoms with Gasteiger partial charge in [0.25, 0.3) is 0 Å². The first-order valence-electron chi connectivity index (χ1n) is 8.12. The summed E-state index contributed by atoms with van der Waals surface area (Å²) >= 11 is 0. The van der Waals surface area contributed by atoms with Gasteiger partial charge in [0.1, 0.15) is 6.04 Å². The first-order valence-corrected chi connectivity index (χ1v) is 8.12. The van der Waals surface area contributed by atoms with Crippen molar-refractivity contribution in [3.05, 3.63) is 0 Å². The van der Waals surface area contributed by atoms with Gasteiger partial charge in [-0.1, -0.05) is 6.92 Å². The van der Waals surface area contributed by atoms with E-state index < -0.39 is 0 Å². The molecule has 0 radical (unpaired) electrons. The Labute approximate surface area is 127 Å². The van der Waals surface area contributed by atoms with E-state index in [9.17, 15) is 9.59 Å². The Morgan fingerprint density at radius 1 is 1.48 bits per heavy atom. The third-order valence-electron chi connectivity index (χ3n) is 4.30. The Morgan fingerprint density at radius 2 is 2.19 bits per heavy atom. The number of nitrogens with one attached hydrogen (secondary N) is 2. The summed E-state index contributed by atoms with van der Waals surface area (Å²) in [6.07, 6.45) is 3.20. The highest BCUT2D eigenvalue weighted by atomic mass is 16.2. The normalized spacial score (nSPS) is 22.6. The van der Waals surface area contributed by atoms with E-state index in [0.717, 1.165) is 6.54 Å². The van der Waals surface area contributed by atoms with Crippen LogP contribution in [0.4, 0.5) is 4.79 Å². The smallest absolute Gasteiger partial charge is 0.318 e. The molecule has 0 aromatic carbocycles. The molecular formula is C15H28N4O2. The number of urea groups is 1. The molecule has 2 aliphatic rings. The highest BCUT2D eigenvalue weighted by Crippen LogP contribution is 2.27. The number of amides is 3. The molecule has 1 saturated carbocycles. The number of rotatable bonds is 6. The van der Waals surface area contributed by atoms with Crippen LogP contribution in [0.5, 0.6) is 0 Å². The number of hydrogen-bond acceptors (Lipinski definition) is 3. The summed E-state index contributed by atoms with van der Waals surface area (Å²) in [7, 11) is 0. The minimum atomic E-state index is -0.330. The monoisotopic (exact) mass is 296 g/mol. The van der Waals surface area contributed by atoms with Gasteiger partial charge >= 0.3 is 6.03 Å². The molecule has 1 saturated heterocycles. The third kappa shape index (κ3) is 4.09. The molecule has 1 heterocycles. The Kier molecular flexibility index (Phi) is 5.45. The van der Waals surface area contributed by atoms with Crippen LogP contribution in [0.2, 0.25) is 0 Å². The molecule has 0 bridgehead atoms. The molecule has 0 aromatic heterocycles. The van der Waals surface area contributed by atoms with E-state index in [1.807, 2.05) is 6.92 Å². The molecule has 120 valence electrons. The molecule has 2 fully saturated rings. The van der Waals surface area contributed by atoms with Gasteiger partial charge in [-0.15, -0.1) is 0 Å². The highest BCUT2D eigenvalue weighted by Gasteiger charge is 2.32. The number of nitrogens with zero attached hydrogens (tertiary/aromatic N) is 2. The van der Waals surface area contributed by atoms with Gasteiger partial charge in [-0.2, -0.15) is 0 Å². The predicted molar refractivity (Wildman–Crippen MR) is 82.1 cm³/mol. The molecule has 2 N–H and O–H groups in total. The van der Waals surface area contributed by atoms with Crippen LogP contribution in [0.3, 0.4) is 0 Å². The molecule has 0 aromatic rings. The van der Waals surface area contributed by atoms with E-state index in [2.05, 4.69) is 29.4 Å². The van der Waals surface area contributed by atoms with Crippen LogP contribution in [0.15, 0.2) is 0 Å². The second-order valence-electron chi connectivity index (χ2n) is 6.20. The molecule has 1 aliphatic carbocycles. The van der Waals surface area contributed by atoms with Crippen molar-refractivity contribution in [3.8, 4) is 0 Å². The fourth-order valence-electron chi connectivity index (χ4n) is 3.03. The van der Waals surface area contributed by atoms with Gasteiger partial charge in [-0.3, -0.25) is 9.69 Å². The molecule has 0 spiro atoms. The lowest BCUT2D eigenvalue weighted by molar-refractivity contribution is -0.127. The zero-order valence-corrected chi connectivity index (χ0v) is 13.4. The molecule has 1 atom stereocenters. The lowest BCUT2D eigenvalue weighted by atomic mass is 10.1. The lowest BCUT2D eigenvalue weighted by Crippen LogP contribution is -2.59. The maximum absolute atomic E-state index is 12.3. The average molecular weight is 296 g/mol. The maximum Gasteiger partial charge on any atom is 0.318 e. The topological polar surface area (TPSA) is 64.7 Å². The van der Waals surface area contributed by atoms with Crippen molar-refractivity contribution in [1.82, 2.24) is 20.4 Å². The Balaban J connectivity index is 1.79. The number of piperazine rings is 1. The van der Waals surface area contributed by atoms with E-state index in [-0.39, 0.29) is 18.0 Å². The largest absolute Gasteiger partial charge is 0.353 e. The van der Waals surface area contributed by atoms with Crippen LogP contribution in [0.1, 0.15) is 40.0 Å². The molecule has 2 rings (SSSR count). The summed E-state index contributed by atoms with van der Waals surface area (Å²) in [4.78, 5) is 28.1. The van der Waals surface area contributed by atoms with Crippen LogP contribution < -0.4 is 10.6 Å². The summed E-state index contributed by atoms with van der Waals surface area (Å²) in [5.41, 5.74) is 0. The third-order valence-corrected chi connectivity index (χ3v) is 4.30. The summed E-state index contributed by atoms with van der Waals surface area (Å²) in [6, 6.07) is 0.768. The molecule has 0 unspecified atom stereocenters. The van der Waals surface area contributed by atoms with Gasteiger partial charge in [0.2, 0.25) is 5.91 Å². The first-order chi connectivity index (χ1) is 10.0. The average Bonchev–Trinajstić information content (AvgIpc) is 3.27. The molecule has 6 nitrogen and oxygen atoms in total. The standard InChI is InChI=1S/C15H28N4O2/c1-4-13-14(20)16-7-10-19(13)15(21)17-8-9-18(11(2)3)12-5-6-12/h11-13H,4-10H2,1-3H3,(H,16,20)(H,17,21)/t13-/m0/s1. The predicted octanol–water partition coefficient (Wildman–Crippen LogP) is 0.779. The van der Waals surface area contributed by atoms with E-state index >= 15 is 0 Å². The van der Waals surface area contributed by atoms with E-state index in [1.54, 1.807) is 4.90 Å². The van der Waals surface area contributed by atoms with Crippen LogP contribution in [-0.2, 0) is 4.79 Å². The van der Waals surface area contributed by atoms with Crippen molar-refractivity contribution in [2.45, 2.75) is 58.2 Å². The Morgan fingerprint density at radius 3 is 2.76 bits per heavy atom. The van der Waals surface area contributed by atoms with Gasteiger partial charge in [-0.05, 0) is 33.1 Å². The van der Waals surface area contributed by atoms with Gasteiger partial charge in [-0.25, -0.2) is 4.79 Å². The first kappa shape index (κ1) is 16.1. The molecule has 1 aliphatic heterocycles. The molecule has 3 amide bonds. The second kappa shape index (κ2) is 7.11. The SMILES string of the molecule is CC[C@H]1C(=O)NCCN1C(=O)NCCN(C(C)C)C1CC1. The van der Waals surface area contributed by atoms with Crippen LogP contribution >= 0.6 is 0 Å². The molecule has 6 heteroatoms. The number of carbonyl (C=O) groups is 2. The minimum Gasteiger partial charge on any atom is -0.353 e. The van der Waals surface area contributed by atoms with Crippen LogP contribution in [-0.4, -0.2) is 66.0 Å². The van der Waals surface area contributed by atoms with Crippen LogP contribution in [0, 0.1) is 0 Å². The lowest BCUT2D eigenvalue weighted by Gasteiger charge is -2.34. The molecular weight excluding hydrogens is 268 g/mol. The highest BCUT2D eigenvalue weighted by molar-refractivity contribution is 5.88. The van der Waals surface area contributed by atoms with Crippen molar-refractivity contribution < 1.29 is 9.59 Å². The summed E-state index contributed by atoms with van der Waals surface area (Å²) in [6.45, 7) is 8.98. The summed E-state index contributed by atoms with van der Waals surface area (Å²) in [5.74, 6) is -0.0410. The van der Waals surface area contributed by atoms with Crippen LogP contribution in [0.25, 0.3) is 0 Å². The van der Waals surface area contributed by atoms with Crippen molar-refractivity contribution in [1.29, 1.82) is 0 Å². The van der Waals surface area contributed by atoms with Gasteiger partial charge < -0.3 is 15.5 Å². The van der Waals surface area contributed by atoms with Crippen molar-refractivity contribution >= 4 is 11.9 Å². The number of carbonyl (C=O) groups excluding carboxylic acids is 2. The Hall–Kier alpha value is -1.30. The summed E-state index contributed by atoms with van der Waals surface area (Å²) < 4.78 is 0. The van der Waals surface area contributed by atoms with Gasteiger partial charge in [0.15, 0.2) is 0 Å². The maximum atomic E-state index is 12.3. The quantitative estimate of drug-likeness (QED) is 0.761. The second-order valence-corrected chi connectivity index (χ2v) is 6.20. The zero-order chi connectivity index (χ0) is 15.4. The van der Waals surface area contributed by atoms with E-state index in [0.29, 0.717) is 38.1 Å². The van der Waals surface area contributed by atoms with Crippen molar-refractivity contribution in [3.63, 3.8) is 0 Å². The fraction of sp³-hybridized carbons (Fsp3) is 0.867. The Bertz CT molecular complexity index is 380. The molecule has 21 heavy (non-hydrogen) atoms. The minimum absolute atomic E-state index is 0.0410. The van der Waals surface area contributed by atoms with Crippen molar-refractivity contribution in [2.24, 2.45) is 0 Å². The fourth-order valence-corrected chi connectivity index (χ4v) is 3.03. The zero-order valence-electron chi connectivity index (χ0n) is 13.4. The van der Waals surface area contributed by atoms with Gasteiger partial charge in [0, 0.05) is 38.3 Å². The van der Waals surface area contributed by atoms with Crippen molar-refractivity contribution in [2.75, 3.05) is 26.2 Å².